The molecule has 3 heterocycles. The van der Waals surface area contributed by atoms with Crippen LogP contribution in [0, 0.1) is 0 Å². The van der Waals surface area contributed by atoms with Gasteiger partial charge < -0.3 is 24.8 Å². The number of rotatable bonds is 6. The Kier molecular flexibility index (Phi) is 7.06. The van der Waals surface area contributed by atoms with Crippen LogP contribution in [0.25, 0.3) is 0 Å². The van der Waals surface area contributed by atoms with Crippen LogP contribution in [0.3, 0.4) is 0 Å². The molecule has 0 saturated carbocycles. The van der Waals surface area contributed by atoms with Gasteiger partial charge in [-0.15, -0.1) is 0 Å². The molecular weight excluding hydrogens is 452 g/mol. The number of benzene rings is 1. The summed E-state index contributed by atoms with van der Waals surface area (Å²) in [5.41, 5.74) is 0.790. The second-order valence-electron chi connectivity index (χ2n) is 7.35. The largest absolute Gasteiger partial charge is 0.486 e. The van der Waals surface area contributed by atoms with Crippen LogP contribution in [-0.4, -0.2) is 68.7 Å². The van der Waals surface area contributed by atoms with Gasteiger partial charge in [0.1, 0.15) is 19.4 Å². The van der Waals surface area contributed by atoms with Gasteiger partial charge in [-0.05, 0) is 36.2 Å². The summed E-state index contributed by atoms with van der Waals surface area (Å²) in [4.78, 5) is 28.2. The van der Waals surface area contributed by atoms with Crippen LogP contribution >= 0.6 is 0 Å². The van der Waals surface area contributed by atoms with Crippen molar-refractivity contribution in [3.05, 3.63) is 48.3 Å². The minimum Gasteiger partial charge on any atom is -0.486 e. The van der Waals surface area contributed by atoms with E-state index >= 15 is 0 Å². The lowest BCUT2D eigenvalue weighted by molar-refractivity contribution is -0.140. The van der Waals surface area contributed by atoms with E-state index in [1.54, 1.807) is 30.6 Å². The molecular formula is C21H24N4O7S. The predicted molar refractivity (Wildman–Crippen MR) is 115 cm³/mol. The van der Waals surface area contributed by atoms with Crippen molar-refractivity contribution in [2.75, 3.05) is 32.9 Å². The molecule has 2 N–H and O–H groups in total. The Balaban J connectivity index is 1.38. The van der Waals surface area contributed by atoms with E-state index in [0.29, 0.717) is 37.7 Å². The molecule has 33 heavy (non-hydrogen) atoms. The molecule has 2 aromatic rings. The van der Waals surface area contributed by atoms with Crippen molar-refractivity contribution in [2.24, 2.45) is 0 Å². The monoisotopic (exact) mass is 476 g/mol. The van der Waals surface area contributed by atoms with Gasteiger partial charge in [0.25, 0.3) is 0 Å². The molecule has 1 saturated heterocycles. The SMILES string of the molecule is O=C(NCc1ccncc1)C(=O)NC[C@@H]1OCCCN1S(=O)(=O)c1ccc2c(c1)OCCO2. The van der Waals surface area contributed by atoms with Crippen molar-refractivity contribution in [1.29, 1.82) is 0 Å². The summed E-state index contributed by atoms with van der Waals surface area (Å²) in [5, 5.41) is 4.96. The Labute approximate surface area is 191 Å². The summed E-state index contributed by atoms with van der Waals surface area (Å²) in [7, 11) is -3.94. The molecule has 11 nitrogen and oxygen atoms in total. The lowest BCUT2D eigenvalue weighted by Gasteiger charge is -2.34. The fourth-order valence-corrected chi connectivity index (χ4v) is 5.03. The first kappa shape index (κ1) is 23.0. The van der Waals surface area contributed by atoms with Gasteiger partial charge in [0.15, 0.2) is 11.5 Å². The molecule has 0 bridgehead atoms. The molecule has 0 unspecified atom stereocenters. The van der Waals surface area contributed by atoms with Crippen LogP contribution in [0.2, 0.25) is 0 Å². The van der Waals surface area contributed by atoms with Crippen LogP contribution in [0.15, 0.2) is 47.6 Å². The van der Waals surface area contributed by atoms with Gasteiger partial charge in [-0.3, -0.25) is 14.6 Å². The van der Waals surface area contributed by atoms with Crippen molar-refractivity contribution >= 4 is 21.8 Å². The van der Waals surface area contributed by atoms with Crippen LogP contribution in [0.1, 0.15) is 12.0 Å². The van der Waals surface area contributed by atoms with E-state index < -0.39 is 28.1 Å². The number of amides is 2. The number of ether oxygens (including phenoxy) is 3. The summed E-state index contributed by atoms with van der Waals surface area (Å²) in [6, 6.07) is 7.85. The zero-order valence-corrected chi connectivity index (χ0v) is 18.5. The first-order valence-corrected chi connectivity index (χ1v) is 11.9. The van der Waals surface area contributed by atoms with Crippen LogP contribution in [0.5, 0.6) is 11.5 Å². The fourth-order valence-electron chi connectivity index (χ4n) is 3.45. The molecule has 0 aliphatic carbocycles. The van der Waals surface area contributed by atoms with Gasteiger partial charge in [0, 0.05) is 31.5 Å². The number of hydrogen-bond donors (Lipinski definition) is 2. The Morgan fingerprint density at radius 2 is 1.73 bits per heavy atom. The summed E-state index contributed by atoms with van der Waals surface area (Å²) in [5.74, 6) is -0.869. The topological polar surface area (TPSA) is 136 Å². The molecule has 2 amide bonds. The normalized spacial score (nSPS) is 18.4. The molecule has 0 spiro atoms. The summed E-state index contributed by atoms with van der Waals surface area (Å²) < 4.78 is 44.3. The van der Waals surface area contributed by atoms with E-state index in [1.807, 2.05) is 0 Å². The van der Waals surface area contributed by atoms with E-state index in [0.717, 1.165) is 5.56 Å². The second-order valence-corrected chi connectivity index (χ2v) is 9.24. The molecule has 2 aliphatic rings. The second kappa shape index (κ2) is 10.1. The molecule has 1 aromatic heterocycles. The molecule has 0 radical (unpaired) electrons. The third-order valence-corrected chi connectivity index (χ3v) is 7.01. The Hall–Kier alpha value is -3.22. The van der Waals surface area contributed by atoms with Crippen molar-refractivity contribution in [2.45, 2.75) is 24.1 Å². The van der Waals surface area contributed by atoms with E-state index in [4.69, 9.17) is 14.2 Å². The van der Waals surface area contributed by atoms with Crippen LogP contribution in [-0.2, 0) is 30.9 Å². The van der Waals surface area contributed by atoms with Crippen molar-refractivity contribution in [3.63, 3.8) is 0 Å². The van der Waals surface area contributed by atoms with Crippen molar-refractivity contribution in [1.82, 2.24) is 19.9 Å². The number of aromatic nitrogens is 1. The molecule has 12 heteroatoms. The number of hydrogen-bond acceptors (Lipinski definition) is 8. The minimum atomic E-state index is -3.94. The lowest BCUT2D eigenvalue weighted by atomic mass is 10.3. The molecule has 2 aliphatic heterocycles. The first-order valence-electron chi connectivity index (χ1n) is 10.4. The number of carbonyl (C=O) groups excluding carboxylic acids is 2. The predicted octanol–water partition coefficient (Wildman–Crippen LogP) is 0.0225. The molecule has 176 valence electrons. The van der Waals surface area contributed by atoms with E-state index in [-0.39, 0.29) is 24.5 Å². The quantitative estimate of drug-likeness (QED) is 0.557. The van der Waals surface area contributed by atoms with Crippen LogP contribution in [0.4, 0.5) is 0 Å². The number of carbonyl (C=O) groups is 2. The zero-order valence-electron chi connectivity index (χ0n) is 17.7. The number of nitrogens with one attached hydrogen (secondary N) is 2. The summed E-state index contributed by atoms with van der Waals surface area (Å²) in [6.07, 6.45) is 2.71. The highest BCUT2D eigenvalue weighted by Crippen LogP contribution is 2.34. The highest BCUT2D eigenvalue weighted by atomic mass is 32.2. The number of nitrogens with zero attached hydrogens (tertiary/aromatic N) is 2. The van der Waals surface area contributed by atoms with Crippen molar-refractivity contribution in [3.8, 4) is 11.5 Å². The minimum absolute atomic E-state index is 0.0312. The fraction of sp³-hybridized carbons (Fsp3) is 0.381. The smallest absolute Gasteiger partial charge is 0.309 e. The number of pyridine rings is 1. The Morgan fingerprint density at radius 1 is 1.00 bits per heavy atom. The maximum absolute atomic E-state index is 13.3. The van der Waals surface area contributed by atoms with Gasteiger partial charge >= 0.3 is 11.8 Å². The summed E-state index contributed by atoms with van der Waals surface area (Å²) >= 11 is 0. The van der Waals surface area contributed by atoms with Gasteiger partial charge in [0.2, 0.25) is 10.0 Å². The van der Waals surface area contributed by atoms with E-state index in [9.17, 15) is 18.0 Å². The maximum atomic E-state index is 13.3. The summed E-state index contributed by atoms with van der Waals surface area (Å²) in [6.45, 7) is 1.27. The molecule has 1 fully saturated rings. The highest BCUT2D eigenvalue weighted by Gasteiger charge is 2.35. The Bertz CT molecular complexity index is 1110. The van der Waals surface area contributed by atoms with Gasteiger partial charge in [-0.1, -0.05) is 0 Å². The third-order valence-electron chi connectivity index (χ3n) is 5.12. The molecule has 4 rings (SSSR count). The third kappa shape index (κ3) is 5.41. The van der Waals surface area contributed by atoms with E-state index in [2.05, 4.69) is 15.6 Å². The maximum Gasteiger partial charge on any atom is 0.309 e. The zero-order chi connectivity index (χ0) is 23.3. The molecule has 1 aromatic carbocycles. The lowest BCUT2D eigenvalue weighted by Crippen LogP contribution is -2.53. The van der Waals surface area contributed by atoms with Gasteiger partial charge in [0.05, 0.1) is 18.0 Å². The standard InChI is InChI=1S/C21H24N4O7S/c26-20(23-13-15-4-6-22-7-5-15)21(27)24-14-19-25(8-1-9-32-19)33(28,29)16-2-3-17-18(12-16)31-11-10-30-17/h2-7,12,19H,1,8-11,13-14H2,(H,23,26)(H,24,27)/t19-/m0/s1. The van der Waals surface area contributed by atoms with E-state index in [1.165, 1.54) is 16.4 Å². The van der Waals surface area contributed by atoms with Gasteiger partial charge in [-0.2, -0.15) is 4.31 Å². The van der Waals surface area contributed by atoms with Crippen molar-refractivity contribution < 1.29 is 32.2 Å². The Morgan fingerprint density at radius 3 is 2.52 bits per heavy atom. The van der Waals surface area contributed by atoms with Gasteiger partial charge in [-0.25, -0.2) is 8.42 Å². The highest BCUT2D eigenvalue weighted by molar-refractivity contribution is 7.89. The molecule has 1 atom stereocenters. The number of sulfonamides is 1. The average Bonchev–Trinajstić information content (AvgIpc) is 2.86. The number of fused-ring (bicyclic) bond motifs is 1. The first-order chi connectivity index (χ1) is 15.9. The average molecular weight is 477 g/mol. The van der Waals surface area contributed by atoms with Crippen LogP contribution < -0.4 is 20.1 Å².